The molecule has 7 heteroatoms. The predicted octanol–water partition coefficient (Wildman–Crippen LogP) is 4.33. The Morgan fingerprint density at radius 2 is 1.94 bits per heavy atom. The first-order valence-corrected chi connectivity index (χ1v) is 11.4. The van der Waals surface area contributed by atoms with E-state index >= 15 is 0 Å². The molecule has 0 amide bonds. The van der Waals surface area contributed by atoms with Crippen LogP contribution in [-0.4, -0.2) is 31.0 Å². The minimum atomic E-state index is -0.481. The average molecular weight is 452 g/mol. The minimum absolute atomic E-state index is 0.126. The number of rotatable bonds is 7. The van der Waals surface area contributed by atoms with Gasteiger partial charge in [-0.2, -0.15) is 4.73 Å². The maximum atomic E-state index is 14.1. The number of aromatic nitrogens is 1. The normalized spacial score (nSPS) is 12.7. The van der Waals surface area contributed by atoms with Crippen LogP contribution in [0.4, 0.5) is 0 Å². The number of nitrogens with zero attached hydrogens (tertiary/aromatic N) is 1. The number of pyridine rings is 1. The largest absolute Gasteiger partial charge is 0.497 e. The summed E-state index contributed by atoms with van der Waals surface area (Å²) in [6.07, 6.45) is 2.77. The molecule has 1 aromatic heterocycles. The Kier molecular flexibility index (Phi) is 6.58. The second-order valence-corrected chi connectivity index (χ2v) is 7.99. The minimum Gasteiger partial charge on any atom is -0.497 e. The van der Waals surface area contributed by atoms with Crippen LogP contribution in [0.15, 0.2) is 35.1 Å². The van der Waals surface area contributed by atoms with Crippen molar-refractivity contribution in [2.45, 2.75) is 46.5 Å². The number of aryl methyl sites for hydroxylation is 1. The summed E-state index contributed by atoms with van der Waals surface area (Å²) >= 11 is 0. The highest BCUT2D eigenvalue weighted by molar-refractivity contribution is 5.94. The summed E-state index contributed by atoms with van der Waals surface area (Å²) in [7, 11) is 1.60. The molecular formula is C26H29NO6. The zero-order chi connectivity index (χ0) is 23.5. The summed E-state index contributed by atoms with van der Waals surface area (Å²) in [5, 5.41) is 0.475. The number of benzene rings is 2. The molecule has 3 aromatic rings. The van der Waals surface area contributed by atoms with Crippen molar-refractivity contribution in [2.75, 3.05) is 20.3 Å². The molecule has 4 rings (SSSR count). The van der Waals surface area contributed by atoms with Gasteiger partial charge in [0.25, 0.3) is 0 Å². The Labute approximate surface area is 192 Å². The van der Waals surface area contributed by atoms with Gasteiger partial charge in [0.15, 0.2) is 11.2 Å². The van der Waals surface area contributed by atoms with Crippen molar-refractivity contribution < 1.29 is 23.8 Å². The van der Waals surface area contributed by atoms with E-state index in [9.17, 15) is 9.59 Å². The van der Waals surface area contributed by atoms with Gasteiger partial charge in [0.2, 0.25) is 0 Å². The van der Waals surface area contributed by atoms with E-state index in [-0.39, 0.29) is 5.43 Å². The fourth-order valence-corrected chi connectivity index (χ4v) is 4.34. The quantitative estimate of drug-likeness (QED) is 0.532. The van der Waals surface area contributed by atoms with Gasteiger partial charge in [0.1, 0.15) is 17.0 Å². The predicted molar refractivity (Wildman–Crippen MR) is 126 cm³/mol. The third-order valence-electron chi connectivity index (χ3n) is 5.75. The summed E-state index contributed by atoms with van der Waals surface area (Å²) in [4.78, 5) is 32.0. The van der Waals surface area contributed by atoms with Crippen molar-refractivity contribution in [3.05, 3.63) is 51.8 Å². The standard InChI is InChI=1S/C26H29NO6/c1-5-13-31-22-15-21-19(8-7-14-32-21)24-25(22)27(33-16(3)28)20(6-2)23(26(24)29)17-9-11-18(30-4)12-10-17/h9-12,15H,5-8,13-14H2,1-4H3. The molecule has 0 bridgehead atoms. The summed E-state index contributed by atoms with van der Waals surface area (Å²) < 4.78 is 18.7. The molecule has 0 saturated heterocycles. The van der Waals surface area contributed by atoms with Gasteiger partial charge in [-0.05, 0) is 43.4 Å². The van der Waals surface area contributed by atoms with Crippen molar-refractivity contribution in [3.63, 3.8) is 0 Å². The Bertz CT molecular complexity index is 1240. The first-order valence-electron chi connectivity index (χ1n) is 11.4. The van der Waals surface area contributed by atoms with Gasteiger partial charge in [0, 0.05) is 18.6 Å². The molecule has 0 fully saturated rings. The highest BCUT2D eigenvalue weighted by Gasteiger charge is 2.27. The van der Waals surface area contributed by atoms with Gasteiger partial charge in [-0.1, -0.05) is 26.0 Å². The first-order chi connectivity index (χ1) is 16.0. The molecule has 0 N–H and O–H groups in total. The zero-order valence-electron chi connectivity index (χ0n) is 19.5. The van der Waals surface area contributed by atoms with Gasteiger partial charge in [-0.3, -0.25) is 4.79 Å². The fraction of sp³-hybridized carbons (Fsp3) is 0.385. The Morgan fingerprint density at radius 1 is 1.18 bits per heavy atom. The molecule has 0 spiro atoms. The van der Waals surface area contributed by atoms with Crippen LogP contribution in [0.3, 0.4) is 0 Å². The lowest BCUT2D eigenvalue weighted by molar-refractivity contribution is -0.141. The second-order valence-electron chi connectivity index (χ2n) is 7.99. The molecule has 0 aliphatic carbocycles. The van der Waals surface area contributed by atoms with E-state index < -0.39 is 5.97 Å². The topological polar surface area (TPSA) is 76.0 Å². The summed E-state index contributed by atoms with van der Waals surface area (Å²) in [6, 6.07) is 9.14. The molecule has 7 nitrogen and oxygen atoms in total. The third-order valence-corrected chi connectivity index (χ3v) is 5.75. The van der Waals surface area contributed by atoms with E-state index in [2.05, 4.69) is 0 Å². The highest BCUT2D eigenvalue weighted by atomic mass is 16.7. The summed E-state index contributed by atoms with van der Waals surface area (Å²) in [6.45, 7) is 6.34. The lowest BCUT2D eigenvalue weighted by Crippen LogP contribution is -2.27. The number of fused-ring (bicyclic) bond motifs is 3. The van der Waals surface area contributed by atoms with E-state index in [4.69, 9.17) is 19.0 Å². The molecular weight excluding hydrogens is 422 g/mol. The molecule has 0 unspecified atom stereocenters. The lowest BCUT2D eigenvalue weighted by Gasteiger charge is -2.25. The first kappa shape index (κ1) is 22.7. The smallest absolute Gasteiger partial charge is 0.329 e. The van der Waals surface area contributed by atoms with Gasteiger partial charge >= 0.3 is 5.97 Å². The molecule has 1 aliphatic rings. The lowest BCUT2D eigenvalue weighted by atomic mass is 9.94. The second kappa shape index (κ2) is 9.57. The molecule has 0 atom stereocenters. The van der Waals surface area contributed by atoms with Gasteiger partial charge < -0.3 is 19.0 Å². The maximum absolute atomic E-state index is 14.1. The van der Waals surface area contributed by atoms with Gasteiger partial charge in [-0.15, -0.1) is 0 Å². The van der Waals surface area contributed by atoms with Crippen molar-refractivity contribution in [1.29, 1.82) is 0 Å². The van der Waals surface area contributed by atoms with Crippen LogP contribution in [0.2, 0.25) is 0 Å². The van der Waals surface area contributed by atoms with Crippen molar-refractivity contribution in [2.24, 2.45) is 0 Å². The SMILES string of the molecule is CCCOc1cc2c(c3c(=O)c(-c4ccc(OC)cc4)c(CC)n(OC(C)=O)c13)CCCO2. The van der Waals surface area contributed by atoms with Gasteiger partial charge in [-0.25, -0.2) is 4.79 Å². The van der Waals surface area contributed by atoms with Crippen LogP contribution in [0.25, 0.3) is 22.0 Å². The van der Waals surface area contributed by atoms with E-state index in [1.165, 1.54) is 11.7 Å². The Hall–Kier alpha value is -3.48. The average Bonchev–Trinajstić information content (AvgIpc) is 2.83. The Morgan fingerprint density at radius 3 is 2.58 bits per heavy atom. The molecule has 174 valence electrons. The van der Waals surface area contributed by atoms with Crippen LogP contribution in [0, 0.1) is 0 Å². The maximum Gasteiger partial charge on any atom is 0.329 e. The number of ether oxygens (including phenoxy) is 3. The number of carbonyl (C=O) groups is 1. The third kappa shape index (κ3) is 4.15. The summed E-state index contributed by atoms with van der Waals surface area (Å²) in [5.41, 5.74) is 3.00. The monoisotopic (exact) mass is 451 g/mol. The number of hydrogen-bond acceptors (Lipinski definition) is 6. The van der Waals surface area contributed by atoms with Crippen molar-refractivity contribution >= 4 is 16.9 Å². The molecule has 2 aromatic carbocycles. The van der Waals surface area contributed by atoms with Crippen LogP contribution < -0.4 is 24.5 Å². The molecule has 0 radical (unpaired) electrons. The molecule has 33 heavy (non-hydrogen) atoms. The van der Waals surface area contributed by atoms with E-state index in [1.54, 1.807) is 7.11 Å². The van der Waals surface area contributed by atoms with E-state index in [1.807, 2.05) is 44.2 Å². The van der Waals surface area contributed by atoms with E-state index in [0.29, 0.717) is 65.5 Å². The number of methoxy groups -OCH3 is 1. The molecule has 0 saturated carbocycles. The number of carbonyl (C=O) groups excluding carboxylic acids is 1. The van der Waals surface area contributed by atoms with Crippen LogP contribution >= 0.6 is 0 Å². The zero-order valence-corrected chi connectivity index (χ0v) is 19.5. The van der Waals surface area contributed by atoms with Crippen LogP contribution in [0.1, 0.15) is 44.9 Å². The van der Waals surface area contributed by atoms with Gasteiger partial charge in [0.05, 0.1) is 37.0 Å². The fourth-order valence-electron chi connectivity index (χ4n) is 4.34. The van der Waals surface area contributed by atoms with Crippen LogP contribution in [-0.2, 0) is 17.6 Å². The van der Waals surface area contributed by atoms with Crippen molar-refractivity contribution in [3.8, 4) is 28.4 Å². The summed E-state index contributed by atoms with van der Waals surface area (Å²) in [5.74, 6) is 1.34. The Balaban J connectivity index is 2.15. The van der Waals surface area contributed by atoms with Crippen molar-refractivity contribution in [1.82, 2.24) is 4.73 Å². The highest BCUT2D eigenvalue weighted by Crippen LogP contribution is 2.39. The molecule has 2 heterocycles. The van der Waals surface area contributed by atoms with E-state index in [0.717, 1.165) is 24.0 Å². The molecule has 1 aliphatic heterocycles. The van der Waals surface area contributed by atoms with Crippen LogP contribution in [0.5, 0.6) is 17.2 Å². The number of hydrogen-bond donors (Lipinski definition) is 0.